The Kier molecular flexibility index (Phi) is 7.81. The SMILES string of the molecule is CN=C(NCCCN1CCCCC1C)NCC1CCN(c2ccccc2)C1. The second-order valence-corrected chi connectivity index (χ2v) is 8.05. The maximum atomic E-state index is 4.39. The van der Waals surface area contributed by atoms with Gasteiger partial charge >= 0.3 is 0 Å². The zero-order valence-corrected chi connectivity index (χ0v) is 17.2. The summed E-state index contributed by atoms with van der Waals surface area (Å²) in [6.45, 7) is 9.09. The Bertz CT molecular complexity index is 573. The van der Waals surface area contributed by atoms with Crippen LogP contribution in [0.15, 0.2) is 35.3 Å². The monoisotopic (exact) mass is 371 g/mol. The first-order valence-electron chi connectivity index (χ1n) is 10.7. The normalized spacial score (nSPS) is 24.2. The number of hydrogen-bond donors (Lipinski definition) is 2. The lowest BCUT2D eigenvalue weighted by Gasteiger charge is -2.33. The highest BCUT2D eigenvalue weighted by atomic mass is 15.2. The average molecular weight is 372 g/mol. The van der Waals surface area contributed by atoms with Gasteiger partial charge in [-0.25, -0.2) is 0 Å². The van der Waals surface area contributed by atoms with Gasteiger partial charge in [0.05, 0.1) is 0 Å². The van der Waals surface area contributed by atoms with Gasteiger partial charge in [0, 0.05) is 51.5 Å². The van der Waals surface area contributed by atoms with Crippen LogP contribution in [0.3, 0.4) is 0 Å². The third-order valence-corrected chi connectivity index (χ3v) is 6.04. The van der Waals surface area contributed by atoms with Gasteiger partial charge in [0.2, 0.25) is 0 Å². The van der Waals surface area contributed by atoms with Crippen LogP contribution < -0.4 is 15.5 Å². The lowest BCUT2D eigenvalue weighted by molar-refractivity contribution is 0.159. The molecule has 2 heterocycles. The van der Waals surface area contributed by atoms with E-state index in [0.717, 1.165) is 38.2 Å². The van der Waals surface area contributed by atoms with Crippen LogP contribution in [-0.2, 0) is 0 Å². The molecule has 3 rings (SSSR count). The van der Waals surface area contributed by atoms with Crippen LogP contribution in [-0.4, -0.2) is 63.2 Å². The molecule has 1 aromatic rings. The van der Waals surface area contributed by atoms with Gasteiger partial charge < -0.3 is 20.4 Å². The van der Waals surface area contributed by atoms with Crippen LogP contribution in [0.25, 0.3) is 0 Å². The Morgan fingerprint density at radius 3 is 2.74 bits per heavy atom. The molecule has 2 saturated heterocycles. The Balaban J connectivity index is 1.31. The number of nitrogens with one attached hydrogen (secondary N) is 2. The number of hydrogen-bond acceptors (Lipinski definition) is 3. The lowest BCUT2D eigenvalue weighted by Crippen LogP contribution is -2.42. The lowest BCUT2D eigenvalue weighted by atomic mass is 10.0. The van der Waals surface area contributed by atoms with Crippen molar-refractivity contribution in [1.29, 1.82) is 0 Å². The number of nitrogens with zero attached hydrogens (tertiary/aromatic N) is 3. The Morgan fingerprint density at radius 1 is 1.11 bits per heavy atom. The van der Waals surface area contributed by atoms with Crippen molar-refractivity contribution in [2.75, 3.05) is 51.2 Å². The maximum absolute atomic E-state index is 4.39. The van der Waals surface area contributed by atoms with Crippen molar-refractivity contribution in [3.05, 3.63) is 30.3 Å². The zero-order valence-electron chi connectivity index (χ0n) is 17.2. The van der Waals surface area contributed by atoms with Crippen molar-refractivity contribution >= 4 is 11.6 Å². The fourth-order valence-corrected chi connectivity index (χ4v) is 4.31. The zero-order chi connectivity index (χ0) is 18.9. The molecule has 2 aliphatic heterocycles. The average Bonchev–Trinajstić information content (AvgIpc) is 3.18. The van der Waals surface area contributed by atoms with Crippen LogP contribution >= 0.6 is 0 Å². The predicted octanol–water partition coefficient (Wildman–Crippen LogP) is 2.94. The molecule has 2 N–H and O–H groups in total. The molecule has 0 aromatic heterocycles. The van der Waals surface area contributed by atoms with Crippen LogP contribution in [0.2, 0.25) is 0 Å². The van der Waals surface area contributed by atoms with Crippen molar-refractivity contribution in [2.45, 2.75) is 45.1 Å². The molecule has 2 fully saturated rings. The summed E-state index contributed by atoms with van der Waals surface area (Å²) in [7, 11) is 1.87. The highest BCUT2D eigenvalue weighted by molar-refractivity contribution is 5.79. The molecule has 150 valence electrons. The summed E-state index contributed by atoms with van der Waals surface area (Å²) >= 11 is 0. The van der Waals surface area contributed by atoms with Crippen molar-refractivity contribution in [2.24, 2.45) is 10.9 Å². The van der Waals surface area contributed by atoms with E-state index >= 15 is 0 Å². The van der Waals surface area contributed by atoms with E-state index in [-0.39, 0.29) is 0 Å². The van der Waals surface area contributed by atoms with E-state index in [1.807, 2.05) is 7.05 Å². The first-order chi connectivity index (χ1) is 13.3. The second-order valence-electron chi connectivity index (χ2n) is 8.05. The van der Waals surface area contributed by atoms with Crippen molar-refractivity contribution in [1.82, 2.24) is 15.5 Å². The standard InChI is InChI=1S/C22H37N5/c1-19-9-6-7-14-26(19)15-8-13-24-22(23-2)25-17-20-12-16-27(18-20)21-10-4-3-5-11-21/h3-5,10-11,19-20H,6-9,12-18H2,1-2H3,(H2,23,24,25). The Hall–Kier alpha value is -1.75. The molecule has 1 aromatic carbocycles. The number of rotatable bonds is 7. The fourth-order valence-electron chi connectivity index (χ4n) is 4.31. The smallest absolute Gasteiger partial charge is 0.190 e. The summed E-state index contributed by atoms with van der Waals surface area (Å²) in [5, 5.41) is 7.02. The molecule has 27 heavy (non-hydrogen) atoms. The van der Waals surface area contributed by atoms with Crippen molar-refractivity contribution < 1.29 is 0 Å². The molecular weight excluding hydrogens is 334 g/mol. The van der Waals surface area contributed by atoms with E-state index in [1.165, 1.54) is 50.9 Å². The van der Waals surface area contributed by atoms with Gasteiger partial charge in [-0.15, -0.1) is 0 Å². The van der Waals surface area contributed by atoms with Gasteiger partial charge in [0.25, 0.3) is 0 Å². The highest BCUT2D eigenvalue weighted by Crippen LogP contribution is 2.22. The third kappa shape index (κ3) is 6.13. The highest BCUT2D eigenvalue weighted by Gasteiger charge is 2.22. The molecule has 2 aliphatic rings. The second kappa shape index (κ2) is 10.5. The van der Waals surface area contributed by atoms with Gasteiger partial charge in [-0.3, -0.25) is 4.99 Å². The Morgan fingerprint density at radius 2 is 1.96 bits per heavy atom. The molecular formula is C22H37N5. The number of likely N-dealkylation sites (tertiary alicyclic amines) is 1. The van der Waals surface area contributed by atoms with Crippen molar-refractivity contribution in [3.8, 4) is 0 Å². The molecule has 5 heteroatoms. The largest absolute Gasteiger partial charge is 0.371 e. The molecule has 0 amide bonds. The Labute approximate surface area is 165 Å². The van der Waals surface area contributed by atoms with Crippen LogP contribution in [0.1, 0.15) is 39.0 Å². The number of guanidine groups is 1. The number of aliphatic imine (C=N–C) groups is 1. The molecule has 2 unspecified atom stereocenters. The number of anilines is 1. The van der Waals surface area contributed by atoms with E-state index in [9.17, 15) is 0 Å². The molecule has 0 bridgehead atoms. The summed E-state index contributed by atoms with van der Waals surface area (Å²) < 4.78 is 0. The number of para-hydroxylation sites is 1. The van der Waals surface area contributed by atoms with Crippen LogP contribution in [0, 0.1) is 5.92 Å². The topological polar surface area (TPSA) is 42.9 Å². The summed E-state index contributed by atoms with van der Waals surface area (Å²) in [5.74, 6) is 1.62. The molecule has 5 nitrogen and oxygen atoms in total. The summed E-state index contributed by atoms with van der Waals surface area (Å²) in [5.41, 5.74) is 1.34. The van der Waals surface area contributed by atoms with Gasteiger partial charge in [0.15, 0.2) is 5.96 Å². The minimum absolute atomic E-state index is 0.679. The van der Waals surface area contributed by atoms with E-state index in [0.29, 0.717) is 5.92 Å². The van der Waals surface area contributed by atoms with E-state index < -0.39 is 0 Å². The minimum Gasteiger partial charge on any atom is -0.371 e. The van der Waals surface area contributed by atoms with Gasteiger partial charge in [-0.1, -0.05) is 24.6 Å². The molecule has 0 spiro atoms. The quantitative estimate of drug-likeness (QED) is 0.439. The predicted molar refractivity (Wildman–Crippen MR) is 116 cm³/mol. The maximum Gasteiger partial charge on any atom is 0.190 e. The summed E-state index contributed by atoms with van der Waals surface area (Å²) in [6, 6.07) is 11.5. The molecule has 0 aliphatic carbocycles. The molecule has 0 radical (unpaired) electrons. The third-order valence-electron chi connectivity index (χ3n) is 6.04. The molecule has 0 saturated carbocycles. The van der Waals surface area contributed by atoms with E-state index in [4.69, 9.17) is 0 Å². The number of benzene rings is 1. The van der Waals surface area contributed by atoms with Gasteiger partial charge in [-0.05, 0) is 57.2 Å². The molecule has 2 atom stereocenters. The number of piperidine rings is 1. The van der Waals surface area contributed by atoms with Crippen LogP contribution in [0.4, 0.5) is 5.69 Å². The first kappa shape index (κ1) is 20.0. The van der Waals surface area contributed by atoms with Crippen LogP contribution in [0.5, 0.6) is 0 Å². The van der Waals surface area contributed by atoms with Crippen molar-refractivity contribution in [3.63, 3.8) is 0 Å². The van der Waals surface area contributed by atoms with E-state index in [2.05, 4.69) is 62.7 Å². The van der Waals surface area contributed by atoms with Gasteiger partial charge in [0.1, 0.15) is 0 Å². The van der Waals surface area contributed by atoms with Gasteiger partial charge in [-0.2, -0.15) is 0 Å². The summed E-state index contributed by atoms with van der Waals surface area (Å²) in [6.07, 6.45) is 6.54. The fraction of sp³-hybridized carbons (Fsp3) is 0.682. The first-order valence-corrected chi connectivity index (χ1v) is 10.7. The minimum atomic E-state index is 0.679. The van der Waals surface area contributed by atoms with E-state index in [1.54, 1.807) is 0 Å². The summed E-state index contributed by atoms with van der Waals surface area (Å²) in [4.78, 5) is 9.52.